The fraction of sp³-hybridized carbons (Fsp3) is 0.500. The largest absolute Gasteiger partial charge is 0.445 e. The van der Waals surface area contributed by atoms with Crippen molar-refractivity contribution in [2.75, 3.05) is 6.61 Å². The monoisotopic (exact) mass is 710 g/mol. The molecule has 1 aromatic carbocycles. The van der Waals surface area contributed by atoms with Crippen LogP contribution in [0.4, 0.5) is 4.79 Å². The molecule has 272 valence electrons. The van der Waals surface area contributed by atoms with Crippen LogP contribution in [0.1, 0.15) is 63.8 Å². The molecule has 0 aliphatic heterocycles. The van der Waals surface area contributed by atoms with Crippen molar-refractivity contribution >= 4 is 35.2 Å². The topological polar surface area (TPSA) is 192 Å². The van der Waals surface area contributed by atoms with Gasteiger partial charge in [-0.15, -0.1) is 11.3 Å². The van der Waals surface area contributed by atoms with E-state index >= 15 is 0 Å². The molecule has 0 fully saturated rings. The summed E-state index contributed by atoms with van der Waals surface area (Å²) in [5.74, 6) is -1.59. The quantitative estimate of drug-likeness (QED) is 0.102. The van der Waals surface area contributed by atoms with E-state index in [1.165, 1.54) is 11.3 Å². The second kappa shape index (κ2) is 21.0. The van der Waals surface area contributed by atoms with Crippen molar-refractivity contribution in [3.63, 3.8) is 0 Å². The summed E-state index contributed by atoms with van der Waals surface area (Å²) >= 11 is 1.34. The summed E-state index contributed by atoms with van der Waals surface area (Å²) in [5, 5.41) is 33.7. The summed E-state index contributed by atoms with van der Waals surface area (Å²) in [6.07, 6.45) is 2.03. The molecule has 0 aliphatic rings. The van der Waals surface area contributed by atoms with Crippen LogP contribution in [-0.2, 0) is 38.6 Å². The number of benzene rings is 1. The smallest absolute Gasteiger partial charge is 0.408 e. The van der Waals surface area contributed by atoms with Crippen LogP contribution in [0, 0.1) is 11.8 Å². The minimum Gasteiger partial charge on any atom is -0.445 e. The van der Waals surface area contributed by atoms with Gasteiger partial charge in [-0.1, -0.05) is 70.5 Å². The Morgan fingerprint density at radius 2 is 1.58 bits per heavy atom. The van der Waals surface area contributed by atoms with E-state index < -0.39 is 54.1 Å². The Hall–Kier alpha value is -4.40. The van der Waals surface area contributed by atoms with Gasteiger partial charge < -0.3 is 36.2 Å². The second-order valence-electron chi connectivity index (χ2n) is 12.8. The third-order valence-electron chi connectivity index (χ3n) is 8.30. The number of hydrogen-bond donors (Lipinski definition) is 6. The molecule has 50 heavy (non-hydrogen) atoms. The minimum absolute atomic E-state index is 0.00135. The van der Waals surface area contributed by atoms with Gasteiger partial charge in [0.05, 0.1) is 42.4 Å². The van der Waals surface area contributed by atoms with Gasteiger partial charge in [0, 0.05) is 30.6 Å². The number of aliphatic hydroxyl groups is 2. The highest BCUT2D eigenvalue weighted by molar-refractivity contribution is 7.07. The van der Waals surface area contributed by atoms with E-state index in [1.54, 1.807) is 35.4 Å². The standard InChI is InChI=1S/C36H50N6O7S/c1-5-24(4)31(19-43)39-33(45)17-32(44)28(14-23(2)3)40-35(47)30(16-27-21-50-22-38-27)41-34(46)29(15-26-12-9-13-37-18-26)42-36(48)49-20-25-10-7-6-8-11-25/h6-13,18,21-24,28-32,43-44H,5,14-17,19-20H2,1-4H3,(H,39,45)(H,40,47)(H,41,46)(H,42,48)/t24-,28-,29-,30?,31+,32-/m0/s1. The molecule has 0 spiro atoms. The summed E-state index contributed by atoms with van der Waals surface area (Å²) in [6, 6.07) is 9.05. The Bertz CT molecular complexity index is 1460. The van der Waals surface area contributed by atoms with Crippen LogP contribution in [0.3, 0.4) is 0 Å². The van der Waals surface area contributed by atoms with E-state index in [2.05, 4.69) is 31.2 Å². The van der Waals surface area contributed by atoms with Crippen molar-refractivity contribution < 1.29 is 34.1 Å². The number of ether oxygens (including phenoxy) is 1. The molecule has 0 aliphatic carbocycles. The first-order chi connectivity index (χ1) is 24.0. The van der Waals surface area contributed by atoms with Gasteiger partial charge in [0.1, 0.15) is 18.7 Å². The lowest BCUT2D eigenvalue weighted by atomic mass is 9.95. The Balaban J connectivity index is 1.77. The van der Waals surface area contributed by atoms with Gasteiger partial charge >= 0.3 is 6.09 Å². The first-order valence-electron chi connectivity index (χ1n) is 16.9. The number of carbonyl (C=O) groups is 4. The molecule has 2 heterocycles. The van der Waals surface area contributed by atoms with E-state index in [0.717, 1.165) is 12.0 Å². The van der Waals surface area contributed by atoms with Crippen LogP contribution in [0.5, 0.6) is 0 Å². The molecule has 6 atom stereocenters. The second-order valence-corrected chi connectivity index (χ2v) is 13.5. The predicted molar refractivity (Wildman–Crippen MR) is 190 cm³/mol. The van der Waals surface area contributed by atoms with Gasteiger partial charge in [-0.2, -0.15) is 0 Å². The number of carbonyl (C=O) groups excluding carboxylic acids is 4. The van der Waals surface area contributed by atoms with Crippen LogP contribution in [0.25, 0.3) is 0 Å². The molecule has 4 amide bonds. The lowest BCUT2D eigenvalue weighted by molar-refractivity contribution is -0.131. The van der Waals surface area contributed by atoms with Crippen LogP contribution in [0.2, 0.25) is 0 Å². The number of hydrogen-bond acceptors (Lipinski definition) is 10. The zero-order valence-electron chi connectivity index (χ0n) is 29.1. The number of thiazole rings is 1. The molecule has 14 heteroatoms. The molecular formula is C36H50N6O7S. The highest BCUT2D eigenvalue weighted by Gasteiger charge is 2.32. The van der Waals surface area contributed by atoms with Crippen LogP contribution < -0.4 is 21.3 Å². The molecule has 0 bridgehead atoms. The maximum atomic E-state index is 13.9. The molecule has 6 N–H and O–H groups in total. The number of alkyl carbamates (subject to hydrolysis) is 1. The fourth-order valence-electron chi connectivity index (χ4n) is 5.25. The summed E-state index contributed by atoms with van der Waals surface area (Å²) in [5.41, 5.74) is 3.63. The van der Waals surface area contributed by atoms with E-state index in [1.807, 2.05) is 58.0 Å². The van der Waals surface area contributed by atoms with Crippen LogP contribution >= 0.6 is 11.3 Å². The van der Waals surface area contributed by atoms with Crippen molar-refractivity contribution in [1.29, 1.82) is 0 Å². The number of aliphatic hydroxyl groups excluding tert-OH is 2. The normalized spacial score (nSPS) is 14.8. The van der Waals surface area contributed by atoms with Gasteiger partial charge in [-0.05, 0) is 35.4 Å². The van der Waals surface area contributed by atoms with Crippen molar-refractivity contribution in [3.05, 3.63) is 82.6 Å². The minimum atomic E-state index is -1.24. The first-order valence-corrected chi connectivity index (χ1v) is 17.8. The number of nitrogens with zero attached hydrogens (tertiary/aromatic N) is 2. The summed E-state index contributed by atoms with van der Waals surface area (Å²) < 4.78 is 5.37. The van der Waals surface area contributed by atoms with E-state index in [-0.39, 0.29) is 44.3 Å². The van der Waals surface area contributed by atoms with Crippen molar-refractivity contribution in [1.82, 2.24) is 31.2 Å². The zero-order valence-corrected chi connectivity index (χ0v) is 29.9. The van der Waals surface area contributed by atoms with Crippen molar-refractivity contribution in [3.8, 4) is 0 Å². The van der Waals surface area contributed by atoms with Gasteiger partial charge in [0.25, 0.3) is 0 Å². The predicted octanol–water partition coefficient (Wildman–Crippen LogP) is 2.91. The number of aromatic nitrogens is 2. The molecule has 0 saturated carbocycles. The van der Waals surface area contributed by atoms with Crippen LogP contribution in [-0.4, -0.2) is 80.9 Å². The Morgan fingerprint density at radius 1 is 0.880 bits per heavy atom. The summed E-state index contributed by atoms with van der Waals surface area (Å²) in [4.78, 5) is 61.8. The molecule has 2 aromatic heterocycles. The third kappa shape index (κ3) is 13.8. The SMILES string of the molecule is CC[C@H](C)[C@@H](CO)NC(=O)C[C@H](O)[C@H](CC(C)C)NC(=O)C(Cc1cscn1)NC(=O)[C@H](Cc1cccnc1)NC(=O)OCc1ccccc1. The van der Waals surface area contributed by atoms with E-state index in [4.69, 9.17) is 4.74 Å². The lowest BCUT2D eigenvalue weighted by Gasteiger charge is -2.29. The fourth-order valence-corrected chi connectivity index (χ4v) is 5.82. The molecule has 3 aromatic rings. The maximum Gasteiger partial charge on any atom is 0.408 e. The van der Waals surface area contributed by atoms with Gasteiger partial charge in [0.2, 0.25) is 17.7 Å². The summed E-state index contributed by atoms with van der Waals surface area (Å²) in [6.45, 7) is 7.49. The zero-order chi connectivity index (χ0) is 36.5. The average molecular weight is 711 g/mol. The van der Waals surface area contributed by atoms with Gasteiger partial charge in [-0.3, -0.25) is 19.4 Å². The Kier molecular flexibility index (Phi) is 16.8. The third-order valence-corrected chi connectivity index (χ3v) is 8.93. The Morgan fingerprint density at radius 3 is 2.20 bits per heavy atom. The molecule has 3 rings (SSSR count). The lowest BCUT2D eigenvalue weighted by Crippen LogP contribution is -2.57. The molecule has 0 radical (unpaired) electrons. The molecule has 0 saturated heterocycles. The van der Waals surface area contributed by atoms with Gasteiger partial charge in [0.15, 0.2) is 0 Å². The van der Waals surface area contributed by atoms with E-state index in [9.17, 15) is 29.4 Å². The number of rotatable bonds is 20. The average Bonchev–Trinajstić information content (AvgIpc) is 3.62. The van der Waals surface area contributed by atoms with E-state index in [0.29, 0.717) is 17.7 Å². The highest BCUT2D eigenvalue weighted by atomic mass is 32.1. The number of amides is 4. The van der Waals surface area contributed by atoms with Gasteiger partial charge in [-0.25, -0.2) is 9.78 Å². The number of nitrogens with one attached hydrogen (secondary N) is 4. The maximum absolute atomic E-state index is 13.9. The highest BCUT2D eigenvalue weighted by Crippen LogP contribution is 2.14. The first kappa shape index (κ1) is 40.0. The summed E-state index contributed by atoms with van der Waals surface area (Å²) in [7, 11) is 0. The number of pyridine rings is 1. The molecule has 13 nitrogen and oxygen atoms in total. The Labute approximate surface area is 297 Å². The van der Waals surface area contributed by atoms with Crippen molar-refractivity contribution in [2.24, 2.45) is 11.8 Å². The molecular weight excluding hydrogens is 660 g/mol. The molecule has 1 unspecified atom stereocenters. The van der Waals surface area contributed by atoms with Crippen molar-refractivity contribution in [2.45, 2.75) is 96.7 Å². The van der Waals surface area contributed by atoms with Crippen LogP contribution in [0.15, 0.2) is 65.7 Å².